The highest BCUT2D eigenvalue weighted by Crippen LogP contribution is 2.52. The Morgan fingerprint density at radius 3 is 2.77 bits per heavy atom. The Bertz CT molecular complexity index is 420. The van der Waals surface area contributed by atoms with Gasteiger partial charge in [-0.2, -0.15) is 0 Å². The molecule has 0 bridgehead atoms. The zero-order valence-electron chi connectivity index (χ0n) is 14.1. The first-order valence-corrected chi connectivity index (χ1v) is 8.63. The van der Waals surface area contributed by atoms with Crippen LogP contribution in [0.5, 0.6) is 0 Å². The summed E-state index contributed by atoms with van der Waals surface area (Å²) < 4.78 is 11.0. The predicted molar refractivity (Wildman–Crippen MR) is 84.7 cm³/mol. The lowest BCUT2D eigenvalue weighted by Gasteiger charge is -2.54. The molecule has 1 heterocycles. The zero-order chi connectivity index (χ0) is 15.8. The second-order valence-electron chi connectivity index (χ2n) is 7.97. The van der Waals surface area contributed by atoms with E-state index >= 15 is 0 Å². The number of hydrogen-bond acceptors (Lipinski definition) is 3. The molecule has 0 unspecified atom stereocenters. The number of carbonyl (C=O) groups excluding carboxylic acids is 1. The van der Waals surface area contributed by atoms with Crippen molar-refractivity contribution in [3.05, 3.63) is 0 Å². The largest absolute Gasteiger partial charge is 0.385 e. The Kier molecular flexibility index (Phi) is 4.38. The number of methoxy groups -OCH3 is 1. The van der Waals surface area contributed by atoms with E-state index in [9.17, 15) is 4.79 Å². The summed E-state index contributed by atoms with van der Waals surface area (Å²) in [4.78, 5) is 12.3. The first-order valence-electron chi connectivity index (χ1n) is 8.63. The molecule has 0 spiro atoms. The zero-order valence-corrected chi connectivity index (χ0v) is 14.1. The minimum atomic E-state index is -0.0212. The lowest BCUT2D eigenvalue weighted by molar-refractivity contribution is -0.108. The quantitative estimate of drug-likeness (QED) is 0.791. The standard InChI is InChI=1S/C17H30N2O3/c1-16(2)13(12-5-9-22-14(12)16)19-15(20)18-11-17(6-4-7-17)8-10-21-3/h12-14H,4-11H2,1-3H3,(H2,18,19,20)/t12-,13-,14-/m1/s1. The Labute approximate surface area is 133 Å². The van der Waals surface area contributed by atoms with Gasteiger partial charge >= 0.3 is 6.03 Å². The maximum absolute atomic E-state index is 12.3. The SMILES string of the molecule is COCCC1(CNC(=O)N[C@@H]2[C@H]3CCO[C@H]3C2(C)C)CCC1. The molecule has 0 aromatic rings. The van der Waals surface area contributed by atoms with E-state index in [1.54, 1.807) is 7.11 Å². The monoisotopic (exact) mass is 310 g/mol. The van der Waals surface area contributed by atoms with Crippen molar-refractivity contribution in [3.8, 4) is 0 Å². The van der Waals surface area contributed by atoms with Gasteiger partial charge in [0.15, 0.2) is 0 Å². The molecular weight excluding hydrogens is 280 g/mol. The molecule has 3 fully saturated rings. The fourth-order valence-corrected chi connectivity index (χ4v) is 4.59. The van der Waals surface area contributed by atoms with Gasteiger partial charge in [-0.3, -0.25) is 0 Å². The average Bonchev–Trinajstić information content (AvgIpc) is 2.90. The van der Waals surface area contributed by atoms with E-state index in [0.717, 1.165) is 32.6 Å². The van der Waals surface area contributed by atoms with Gasteiger partial charge in [0.05, 0.1) is 6.10 Å². The van der Waals surface area contributed by atoms with Crippen LogP contribution in [0.3, 0.4) is 0 Å². The fourth-order valence-electron chi connectivity index (χ4n) is 4.59. The summed E-state index contributed by atoms with van der Waals surface area (Å²) in [6, 6.07) is 0.212. The minimum absolute atomic E-state index is 0.0212. The normalized spacial score (nSPS) is 34.2. The summed E-state index contributed by atoms with van der Waals surface area (Å²) in [5.74, 6) is 0.493. The topological polar surface area (TPSA) is 59.6 Å². The number of nitrogens with one attached hydrogen (secondary N) is 2. The smallest absolute Gasteiger partial charge is 0.315 e. The first-order chi connectivity index (χ1) is 10.5. The molecule has 5 nitrogen and oxygen atoms in total. The van der Waals surface area contributed by atoms with Gasteiger partial charge in [-0.05, 0) is 31.1 Å². The lowest BCUT2D eigenvalue weighted by Crippen LogP contribution is -2.68. The molecule has 3 rings (SSSR count). The van der Waals surface area contributed by atoms with Gasteiger partial charge < -0.3 is 20.1 Å². The third kappa shape index (κ3) is 2.73. The van der Waals surface area contributed by atoms with Crippen molar-refractivity contribution in [1.82, 2.24) is 10.6 Å². The molecular formula is C17H30N2O3. The van der Waals surface area contributed by atoms with Gasteiger partial charge in [-0.15, -0.1) is 0 Å². The van der Waals surface area contributed by atoms with Crippen LogP contribution in [0, 0.1) is 16.7 Å². The van der Waals surface area contributed by atoms with Crippen molar-refractivity contribution < 1.29 is 14.3 Å². The molecule has 126 valence electrons. The molecule has 5 heteroatoms. The third-order valence-corrected chi connectivity index (χ3v) is 6.26. The summed E-state index contributed by atoms with van der Waals surface area (Å²) in [7, 11) is 1.74. The molecule has 1 saturated heterocycles. The van der Waals surface area contributed by atoms with Crippen molar-refractivity contribution in [1.29, 1.82) is 0 Å². The number of rotatable bonds is 6. The number of ether oxygens (including phenoxy) is 2. The molecule has 3 aliphatic rings. The highest BCUT2D eigenvalue weighted by molar-refractivity contribution is 5.74. The second kappa shape index (κ2) is 6.00. The summed E-state index contributed by atoms with van der Waals surface area (Å²) in [5, 5.41) is 6.30. The number of urea groups is 1. The van der Waals surface area contributed by atoms with Crippen LogP contribution in [0.1, 0.15) is 46.0 Å². The van der Waals surface area contributed by atoms with Crippen LogP contribution in [0.2, 0.25) is 0 Å². The molecule has 0 aromatic heterocycles. The molecule has 0 aromatic carbocycles. The van der Waals surface area contributed by atoms with E-state index in [1.807, 2.05) is 0 Å². The Morgan fingerprint density at radius 2 is 2.14 bits per heavy atom. The lowest BCUT2D eigenvalue weighted by atomic mass is 9.57. The molecule has 22 heavy (non-hydrogen) atoms. The Balaban J connectivity index is 1.47. The molecule has 1 aliphatic heterocycles. The van der Waals surface area contributed by atoms with E-state index in [4.69, 9.17) is 9.47 Å². The van der Waals surface area contributed by atoms with Crippen molar-refractivity contribution >= 4 is 6.03 Å². The van der Waals surface area contributed by atoms with E-state index < -0.39 is 0 Å². The second-order valence-corrected chi connectivity index (χ2v) is 7.97. The minimum Gasteiger partial charge on any atom is -0.385 e. The average molecular weight is 310 g/mol. The molecule has 2 saturated carbocycles. The Hall–Kier alpha value is -0.810. The van der Waals surface area contributed by atoms with E-state index in [-0.39, 0.29) is 22.9 Å². The van der Waals surface area contributed by atoms with Gasteiger partial charge in [0.2, 0.25) is 0 Å². The highest BCUT2D eigenvalue weighted by atomic mass is 16.5. The van der Waals surface area contributed by atoms with Crippen molar-refractivity contribution in [2.75, 3.05) is 26.9 Å². The summed E-state index contributed by atoms with van der Waals surface area (Å²) in [6.07, 6.45) is 6.09. The van der Waals surface area contributed by atoms with Crippen LogP contribution in [-0.4, -0.2) is 45.0 Å². The fraction of sp³-hybridized carbons (Fsp3) is 0.941. The maximum atomic E-state index is 12.3. The van der Waals surface area contributed by atoms with Crippen molar-refractivity contribution in [3.63, 3.8) is 0 Å². The summed E-state index contributed by atoms with van der Waals surface area (Å²) >= 11 is 0. The van der Waals surface area contributed by atoms with E-state index in [2.05, 4.69) is 24.5 Å². The highest BCUT2D eigenvalue weighted by Gasteiger charge is 2.59. The first kappa shape index (κ1) is 16.1. The van der Waals surface area contributed by atoms with Gasteiger partial charge in [0.25, 0.3) is 0 Å². The van der Waals surface area contributed by atoms with Crippen LogP contribution in [0.4, 0.5) is 4.79 Å². The summed E-state index contributed by atoms with van der Waals surface area (Å²) in [6.45, 7) is 6.76. The van der Waals surface area contributed by atoms with E-state index in [1.165, 1.54) is 19.3 Å². The number of amides is 2. The molecule has 2 amide bonds. The van der Waals surface area contributed by atoms with Crippen LogP contribution in [0.25, 0.3) is 0 Å². The van der Waals surface area contributed by atoms with Crippen molar-refractivity contribution in [2.45, 2.75) is 58.1 Å². The maximum Gasteiger partial charge on any atom is 0.315 e. The van der Waals surface area contributed by atoms with Gasteiger partial charge in [-0.25, -0.2) is 4.79 Å². The van der Waals surface area contributed by atoms with Crippen molar-refractivity contribution in [2.24, 2.45) is 16.7 Å². The number of hydrogen-bond donors (Lipinski definition) is 2. The summed E-state index contributed by atoms with van der Waals surface area (Å²) in [5.41, 5.74) is 0.310. The van der Waals surface area contributed by atoms with Crippen LogP contribution in [0.15, 0.2) is 0 Å². The molecule has 3 atom stereocenters. The van der Waals surface area contributed by atoms with Crippen LogP contribution >= 0.6 is 0 Å². The number of carbonyl (C=O) groups is 1. The van der Waals surface area contributed by atoms with Gasteiger partial charge in [0.1, 0.15) is 0 Å². The van der Waals surface area contributed by atoms with E-state index in [0.29, 0.717) is 12.0 Å². The predicted octanol–water partition coefficient (Wildman–Crippen LogP) is 2.31. The van der Waals surface area contributed by atoms with Crippen LogP contribution in [-0.2, 0) is 9.47 Å². The van der Waals surface area contributed by atoms with Gasteiger partial charge in [0, 0.05) is 44.2 Å². The molecule has 0 radical (unpaired) electrons. The third-order valence-electron chi connectivity index (χ3n) is 6.26. The molecule has 2 aliphatic carbocycles. The number of fused-ring (bicyclic) bond motifs is 1. The Morgan fingerprint density at radius 1 is 1.36 bits per heavy atom. The molecule has 2 N–H and O–H groups in total. The van der Waals surface area contributed by atoms with Gasteiger partial charge in [-0.1, -0.05) is 20.3 Å². The van der Waals surface area contributed by atoms with Crippen LogP contribution < -0.4 is 10.6 Å².